The molecule has 0 heterocycles. The zero-order chi connectivity index (χ0) is 21.5. The Hall–Kier alpha value is -3.41. The molecule has 0 spiro atoms. The number of amides is 2. The Kier molecular flexibility index (Phi) is 7.01. The van der Waals surface area contributed by atoms with Crippen molar-refractivity contribution < 1.29 is 19.1 Å². The maximum atomic E-state index is 12.7. The lowest BCUT2D eigenvalue weighted by Crippen LogP contribution is -2.16. The highest BCUT2D eigenvalue weighted by Gasteiger charge is 2.17. The molecule has 2 N–H and O–H groups in total. The fourth-order valence-corrected chi connectivity index (χ4v) is 3.64. The van der Waals surface area contributed by atoms with E-state index in [-0.39, 0.29) is 11.8 Å². The minimum Gasteiger partial charge on any atom is -0.427 e. The zero-order valence-electron chi connectivity index (χ0n) is 17.2. The second-order valence-corrected chi connectivity index (χ2v) is 7.48. The van der Waals surface area contributed by atoms with E-state index in [0.717, 1.165) is 18.4 Å². The lowest BCUT2D eigenvalue weighted by Gasteiger charge is -2.13. The molecular weight excluding hydrogens is 380 g/mol. The Balaban J connectivity index is 1.70. The smallest absolute Gasteiger partial charge is 0.308 e. The highest BCUT2D eigenvalue weighted by molar-refractivity contribution is 6.08. The number of nitrogens with one attached hydrogen (secondary N) is 2. The lowest BCUT2D eigenvalue weighted by atomic mass is 9.99. The van der Waals surface area contributed by atoms with E-state index in [1.54, 1.807) is 48.5 Å². The summed E-state index contributed by atoms with van der Waals surface area (Å²) in [5, 5.41) is 5.67. The van der Waals surface area contributed by atoms with Crippen LogP contribution in [0.5, 0.6) is 5.75 Å². The van der Waals surface area contributed by atoms with E-state index in [1.807, 2.05) is 6.92 Å². The SMILES string of the molecule is CC(=O)Oc1cccc(C(=O)Nc2ccccc2NC(=O)/C=C(\C)C2CCCC2)c1. The van der Waals surface area contributed by atoms with E-state index < -0.39 is 5.97 Å². The van der Waals surface area contributed by atoms with E-state index in [2.05, 4.69) is 10.6 Å². The second kappa shape index (κ2) is 9.87. The molecule has 1 saturated carbocycles. The first-order valence-electron chi connectivity index (χ1n) is 10.1. The van der Waals surface area contributed by atoms with Crippen molar-refractivity contribution in [2.24, 2.45) is 5.92 Å². The molecular formula is C24H26N2O4. The van der Waals surface area contributed by atoms with Crippen molar-refractivity contribution in [1.29, 1.82) is 0 Å². The summed E-state index contributed by atoms with van der Waals surface area (Å²) in [7, 11) is 0. The van der Waals surface area contributed by atoms with Crippen molar-refractivity contribution in [2.75, 3.05) is 10.6 Å². The molecule has 1 fully saturated rings. The predicted octanol–water partition coefficient (Wildman–Crippen LogP) is 4.94. The van der Waals surface area contributed by atoms with Crippen LogP contribution >= 0.6 is 0 Å². The minimum absolute atomic E-state index is 0.210. The summed E-state index contributed by atoms with van der Waals surface area (Å²) < 4.78 is 5.03. The van der Waals surface area contributed by atoms with Gasteiger partial charge in [0.2, 0.25) is 5.91 Å². The van der Waals surface area contributed by atoms with Crippen LogP contribution < -0.4 is 15.4 Å². The Bertz CT molecular complexity index is 975. The fraction of sp³-hybridized carbons (Fsp3) is 0.292. The van der Waals surface area contributed by atoms with Crippen LogP contribution in [0.4, 0.5) is 11.4 Å². The van der Waals surface area contributed by atoms with Gasteiger partial charge in [-0.3, -0.25) is 14.4 Å². The molecule has 30 heavy (non-hydrogen) atoms. The van der Waals surface area contributed by atoms with E-state index in [9.17, 15) is 14.4 Å². The average Bonchev–Trinajstić information content (AvgIpc) is 3.24. The normalized spacial score (nSPS) is 14.3. The van der Waals surface area contributed by atoms with Gasteiger partial charge in [0.05, 0.1) is 11.4 Å². The number of allylic oxidation sites excluding steroid dienone is 1. The number of hydrogen-bond donors (Lipinski definition) is 2. The van der Waals surface area contributed by atoms with Crippen LogP contribution in [-0.4, -0.2) is 17.8 Å². The van der Waals surface area contributed by atoms with E-state index in [4.69, 9.17) is 4.74 Å². The van der Waals surface area contributed by atoms with Gasteiger partial charge < -0.3 is 15.4 Å². The van der Waals surface area contributed by atoms with Gasteiger partial charge in [0.25, 0.3) is 5.91 Å². The third-order valence-electron chi connectivity index (χ3n) is 5.15. The van der Waals surface area contributed by atoms with Crippen LogP contribution in [0.3, 0.4) is 0 Å². The topological polar surface area (TPSA) is 84.5 Å². The van der Waals surface area contributed by atoms with Gasteiger partial charge >= 0.3 is 5.97 Å². The first-order valence-corrected chi connectivity index (χ1v) is 10.1. The molecule has 2 aromatic rings. The summed E-state index contributed by atoms with van der Waals surface area (Å²) in [5.74, 6) is -0.262. The van der Waals surface area contributed by atoms with Crippen molar-refractivity contribution in [2.45, 2.75) is 39.5 Å². The molecule has 6 heteroatoms. The van der Waals surface area contributed by atoms with Gasteiger partial charge in [0.1, 0.15) is 5.75 Å². The van der Waals surface area contributed by atoms with Crippen LogP contribution in [0.25, 0.3) is 0 Å². The summed E-state index contributed by atoms with van der Waals surface area (Å²) in [4.78, 5) is 36.3. The number of anilines is 2. The van der Waals surface area contributed by atoms with Crippen LogP contribution in [-0.2, 0) is 9.59 Å². The van der Waals surface area contributed by atoms with Crippen molar-refractivity contribution in [3.05, 3.63) is 65.7 Å². The van der Waals surface area contributed by atoms with Crippen molar-refractivity contribution in [3.8, 4) is 5.75 Å². The molecule has 0 bridgehead atoms. The highest BCUT2D eigenvalue weighted by atomic mass is 16.5. The van der Waals surface area contributed by atoms with Gasteiger partial charge in [-0.1, -0.05) is 36.6 Å². The van der Waals surface area contributed by atoms with Crippen LogP contribution in [0.2, 0.25) is 0 Å². The van der Waals surface area contributed by atoms with Gasteiger partial charge in [0, 0.05) is 18.6 Å². The highest BCUT2D eigenvalue weighted by Crippen LogP contribution is 2.31. The molecule has 0 atom stereocenters. The van der Waals surface area contributed by atoms with E-state index in [1.165, 1.54) is 25.8 Å². The first kappa shape index (κ1) is 21.3. The number of carbonyl (C=O) groups excluding carboxylic acids is 3. The van der Waals surface area contributed by atoms with Gasteiger partial charge in [-0.15, -0.1) is 0 Å². The Morgan fingerprint density at radius 2 is 1.60 bits per heavy atom. The number of ether oxygens (including phenoxy) is 1. The number of benzene rings is 2. The molecule has 0 saturated heterocycles. The number of carbonyl (C=O) groups is 3. The first-order chi connectivity index (χ1) is 14.4. The molecule has 3 rings (SSSR count). The average molecular weight is 406 g/mol. The molecule has 156 valence electrons. The quantitative estimate of drug-likeness (QED) is 0.404. The molecule has 1 aliphatic rings. The van der Waals surface area contributed by atoms with Crippen LogP contribution in [0.15, 0.2) is 60.2 Å². The minimum atomic E-state index is -0.457. The van der Waals surface area contributed by atoms with Gasteiger partial charge in [-0.05, 0) is 56.0 Å². The number of rotatable bonds is 6. The molecule has 2 amide bonds. The Morgan fingerprint density at radius 1 is 0.933 bits per heavy atom. The molecule has 1 aliphatic carbocycles. The molecule has 0 radical (unpaired) electrons. The van der Waals surface area contributed by atoms with Gasteiger partial charge in [-0.2, -0.15) is 0 Å². The predicted molar refractivity (Wildman–Crippen MR) is 116 cm³/mol. The monoisotopic (exact) mass is 406 g/mol. The third-order valence-corrected chi connectivity index (χ3v) is 5.15. The largest absolute Gasteiger partial charge is 0.427 e. The molecule has 0 aromatic heterocycles. The number of para-hydroxylation sites is 2. The summed E-state index contributed by atoms with van der Waals surface area (Å²) in [5.41, 5.74) is 2.43. The maximum Gasteiger partial charge on any atom is 0.308 e. The van der Waals surface area contributed by atoms with Crippen molar-refractivity contribution in [3.63, 3.8) is 0 Å². The Morgan fingerprint density at radius 3 is 2.27 bits per heavy atom. The summed E-state index contributed by atoms with van der Waals surface area (Å²) in [6.07, 6.45) is 6.34. The van der Waals surface area contributed by atoms with Crippen molar-refractivity contribution in [1.82, 2.24) is 0 Å². The summed E-state index contributed by atoms with van der Waals surface area (Å²) in [6.45, 7) is 3.30. The summed E-state index contributed by atoms with van der Waals surface area (Å²) in [6, 6.07) is 13.4. The third kappa shape index (κ3) is 5.80. The summed E-state index contributed by atoms with van der Waals surface area (Å²) >= 11 is 0. The maximum absolute atomic E-state index is 12.7. The molecule has 0 unspecified atom stereocenters. The number of hydrogen-bond acceptors (Lipinski definition) is 4. The van der Waals surface area contributed by atoms with E-state index in [0.29, 0.717) is 28.6 Å². The Labute approximate surface area is 176 Å². The standard InChI is InChI=1S/C24H26N2O4/c1-16(18-8-3-4-9-18)14-23(28)25-21-12-5-6-13-22(21)26-24(29)19-10-7-11-20(15-19)30-17(2)27/h5-7,10-15,18H,3-4,8-9H2,1-2H3,(H,25,28)(H,26,29)/b16-14+. The lowest BCUT2D eigenvalue weighted by molar-refractivity contribution is -0.131. The molecule has 6 nitrogen and oxygen atoms in total. The van der Waals surface area contributed by atoms with E-state index >= 15 is 0 Å². The van der Waals surface area contributed by atoms with Crippen molar-refractivity contribution >= 4 is 29.2 Å². The number of esters is 1. The fourth-order valence-electron chi connectivity index (χ4n) is 3.64. The molecule has 2 aromatic carbocycles. The van der Waals surface area contributed by atoms with Crippen LogP contribution in [0.1, 0.15) is 49.9 Å². The second-order valence-electron chi connectivity index (χ2n) is 7.48. The zero-order valence-corrected chi connectivity index (χ0v) is 17.2. The molecule has 0 aliphatic heterocycles. The van der Waals surface area contributed by atoms with Gasteiger partial charge in [0.15, 0.2) is 0 Å². The van der Waals surface area contributed by atoms with Gasteiger partial charge in [-0.25, -0.2) is 0 Å². The van der Waals surface area contributed by atoms with Crippen LogP contribution in [0, 0.1) is 5.92 Å².